The molecule has 2 heterocycles. The first kappa shape index (κ1) is 21.8. The van der Waals surface area contributed by atoms with Gasteiger partial charge in [-0.3, -0.25) is 9.78 Å². The van der Waals surface area contributed by atoms with Gasteiger partial charge in [0.15, 0.2) is 5.16 Å². The molecule has 0 radical (unpaired) electrons. The van der Waals surface area contributed by atoms with Crippen molar-refractivity contribution < 1.29 is 4.79 Å². The Balaban J connectivity index is 1.53. The van der Waals surface area contributed by atoms with Crippen LogP contribution < -0.4 is 10.2 Å². The minimum Gasteiger partial charge on any atom is -0.363 e. The highest BCUT2D eigenvalue weighted by Gasteiger charge is 2.08. The molecule has 0 spiro atoms. The molecule has 30 heavy (non-hydrogen) atoms. The standard InChI is InChI=1S/C23H27N5OS/c1-4-19-15-21(28(2)3)27-23(26-19)30-16-17-8-10-18(11-9-17)22(29)25-14-12-20-7-5-6-13-24-20/h5-11,13,15H,4,12,14,16H2,1-3H3,(H,25,29). The largest absolute Gasteiger partial charge is 0.363 e. The fraction of sp³-hybridized carbons (Fsp3) is 0.304. The zero-order chi connectivity index (χ0) is 21.3. The molecule has 3 rings (SSSR count). The van der Waals surface area contributed by atoms with E-state index in [2.05, 4.69) is 27.2 Å². The molecule has 7 heteroatoms. The van der Waals surface area contributed by atoms with E-state index in [-0.39, 0.29) is 5.91 Å². The first-order chi connectivity index (χ1) is 14.5. The second-order valence-corrected chi connectivity index (χ2v) is 8.00. The minimum atomic E-state index is -0.0697. The molecule has 6 nitrogen and oxygen atoms in total. The zero-order valence-corrected chi connectivity index (χ0v) is 18.4. The van der Waals surface area contributed by atoms with Crippen molar-refractivity contribution in [1.82, 2.24) is 20.3 Å². The summed E-state index contributed by atoms with van der Waals surface area (Å²) in [4.78, 5) is 27.8. The molecule has 0 aliphatic rings. The van der Waals surface area contributed by atoms with Crippen LogP contribution in [0.3, 0.4) is 0 Å². The number of thioether (sulfide) groups is 1. The Bertz CT molecular complexity index is 961. The van der Waals surface area contributed by atoms with E-state index in [1.54, 1.807) is 18.0 Å². The topological polar surface area (TPSA) is 71.0 Å². The van der Waals surface area contributed by atoms with Crippen molar-refractivity contribution in [2.24, 2.45) is 0 Å². The van der Waals surface area contributed by atoms with Gasteiger partial charge in [0.2, 0.25) is 0 Å². The van der Waals surface area contributed by atoms with Gasteiger partial charge in [-0.15, -0.1) is 0 Å². The van der Waals surface area contributed by atoms with Crippen LogP contribution in [0.25, 0.3) is 0 Å². The summed E-state index contributed by atoms with van der Waals surface area (Å²) >= 11 is 1.60. The van der Waals surface area contributed by atoms with Gasteiger partial charge in [-0.05, 0) is 36.2 Å². The van der Waals surface area contributed by atoms with Crippen LogP contribution in [0.1, 0.15) is 34.2 Å². The fourth-order valence-electron chi connectivity index (χ4n) is 2.79. The third-order valence-electron chi connectivity index (χ3n) is 4.54. The molecule has 3 aromatic rings. The number of carbonyl (C=O) groups is 1. The van der Waals surface area contributed by atoms with Crippen molar-refractivity contribution in [3.05, 3.63) is 77.2 Å². The summed E-state index contributed by atoms with van der Waals surface area (Å²) in [5.41, 5.74) is 3.79. The first-order valence-corrected chi connectivity index (χ1v) is 11.0. The summed E-state index contributed by atoms with van der Waals surface area (Å²) in [7, 11) is 3.96. The van der Waals surface area contributed by atoms with Crippen LogP contribution in [-0.4, -0.2) is 41.5 Å². The van der Waals surface area contributed by atoms with Crippen LogP contribution in [0, 0.1) is 0 Å². The molecule has 1 N–H and O–H groups in total. The van der Waals surface area contributed by atoms with E-state index in [9.17, 15) is 4.79 Å². The molecule has 0 bridgehead atoms. The molecule has 156 valence electrons. The number of nitrogens with one attached hydrogen (secondary N) is 1. The molecule has 0 aliphatic heterocycles. The van der Waals surface area contributed by atoms with Crippen molar-refractivity contribution in [3.63, 3.8) is 0 Å². The number of carbonyl (C=O) groups excluding carboxylic acids is 1. The number of anilines is 1. The van der Waals surface area contributed by atoms with E-state index in [4.69, 9.17) is 0 Å². The lowest BCUT2D eigenvalue weighted by Crippen LogP contribution is -2.25. The van der Waals surface area contributed by atoms with E-state index >= 15 is 0 Å². The van der Waals surface area contributed by atoms with Crippen molar-refractivity contribution in [3.8, 4) is 0 Å². The lowest BCUT2D eigenvalue weighted by molar-refractivity contribution is 0.0954. The van der Waals surface area contributed by atoms with Gasteiger partial charge in [-0.25, -0.2) is 9.97 Å². The summed E-state index contributed by atoms with van der Waals surface area (Å²) in [5, 5.41) is 3.72. The lowest BCUT2D eigenvalue weighted by atomic mass is 10.1. The predicted molar refractivity (Wildman–Crippen MR) is 122 cm³/mol. The number of nitrogens with zero attached hydrogens (tertiary/aromatic N) is 4. The maximum atomic E-state index is 12.3. The highest BCUT2D eigenvalue weighted by molar-refractivity contribution is 7.98. The van der Waals surface area contributed by atoms with E-state index in [1.807, 2.05) is 67.5 Å². The van der Waals surface area contributed by atoms with Gasteiger partial charge in [-0.2, -0.15) is 0 Å². The number of benzene rings is 1. The normalized spacial score (nSPS) is 10.6. The monoisotopic (exact) mass is 421 g/mol. The highest BCUT2D eigenvalue weighted by Crippen LogP contribution is 2.22. The fourth-order valence-corrected chi connectivity index (χ4v) is 3.61. The summed E-state index contributed by atoms with van der Waals surface area (Å²) in [6, 6.07) is 15.5. The smallest absolute Gasteiger partial charge is 0.251 e. The second kappa shape index (κ2) is 10.7. The van der Waals surface area contributed by atoms with Gasteiger partial charge in [0.1, 0.15) is 5.82 Å². The molecule has 1 aromatic carbocycles. The molecule has 1 amide bonds. The average molecular weight is 422 g/mol. The van der Waals surface area contributed by atoms with Gasteiger partial charge in [0.05, 0.1) is 0 Å². The summed E-state index contributed by atoms with van der Waals surface area (Å²) in [5.74, 6) is 1.60. The van der Waals surface area contributed by atoms with Crippen molar-refractivity contribution in [2.75, 3.05) is 25.5 Å². The Morgan fingerprint density at radius 3 is 2.53 bits per heavy atom. The van der Waals surface area contributed by atoms with Crippen LogP contribution in [0.5, 0.6) is 0 Å². The van der Waals surface area contributed by atoms with Crippen molar-refractivity contribution >= 4 is 23.5 Å². The molecular formula is C23H27N5OS. The molecule has 0 saturated carbocycles. The molecule has 0 fully saturated rings. The van der Waals surface area contributed by atoms with Crippen molar-refractivity contribution in [1.29, 1.82) is 0 Å². The Hall–Kier alpha value is -2.93. The van der Waals surface area contributed by atoms with Gasteiger partial charge in [0.25, 0.3) is 5.91 Å². The number of rotatable bonds is 9. The molecule has 2 aromatic heterocycles. The Labute approximate surface area is 182 Å². The maximum Gasteiger partial charge on any atom is 0.251 e. The van der Waals surface area contributed by atoms with Crippen molar-refractivity contribution in [2.45, 2.75) is 30.7 Å². The summed E-state index contributed by atoms with van der Waals surface area (Å²) in [6.45, 7) is 2.66. The molecule has 0 atom stereocenters. The highest BCUT2D eigenvalue weighted by atomic mass is 32.2. The van der Waals surface area contributed by atoms with E-state index in [0.29, 0.717) is 18.5 Å². The van der Waals surface area contributed by atoms with Gasteiger partial charge >= 0.3 is 0 Å². The van der Waals surface area contributed by atoms with Crippen LogP contribution in [0.4, 0.5) is 5.82 Å². The Morgan fingerprint density at radius 2 is 1.87 bits per heavy atom. The Morgan fingerprint density at radius 1 is 1.07 bits per heavy atom. The zero-order valence-electron chi connectivity index (χ0n) is 17.6. The third-order valence-corrected chi connectivity index (χ3v) is 5.46. The lowest BCUT2D eigenvalue weighted by Gasteiger charge is -2.13. The van der Waals surface area contributed by atoms with Gasteiger partial charge in [-0.1, -0.05) is 36.9 Å². The van der Waals surface area contributed by atoms with E-state index < -0.39 is 0 Å². The molecular weight excluding hydrogens is 394 g/mol. The average Bonchev–Trinajstić information content (AvgIpc) is 2.78. The number of hydrogen-bond donors (Lipinski definition) is 1. The van der Waals surface area contributed by atoms with Crippen LogP contribution >= 0.6 is 11.8 Å². The number of pyridine rings is 1. The third kappa shape index (κ3) is 6.29. The van der Waals surface area contributed by atoms with Gasteiger partial charge in [0, 0.05) is 62.0 Å². The van der Waals surface area contributed by atoms with Gasteiger partial charge < -0.3 is 10.2 Å². The molecule has 0 unspecified atom stereocenters. The maximum absolute atomic E-state index is 12.3. The molecule has 0 aliphatic carbocycles. The first-order valence-electron chi connectivity index (χ1n) is 10.00. The molecule has 0 saturated heterocycles. The quantitative estimate of drug-likeness (QED) is 0.419. The number of aromatic nitrogens is 3. The minimum absolute atomic E-state index is 0.0697. The number of aryl methyl sites for hydroxylation is 1. The van der Waals surface area contributed by atoms with E-state index in [0.717, 1.165) is 40.1 Å². The second-order valence-electron chi connectivity index (χ2n) is 7.06. The van der Waals surface area contributed by atoms with Crippen LogP contribution in [0.2, 0.25) is 0 Å². The van der Waals surface area contributed by atoms with Crippen LogP contribution in [0.15, 0.2) is 59.9 Å². The number of hydrogen-bond acceptors (Lipinski definition) is 6. The predicted octanol–water partition coefficient (Wildman–Crippen LogP) is 3.76. The summed E-state index contributed by atoms with van der Waals surface area (Å²) in [6.07, 6.45) is 3.35. The Kier molecular flexibility index (Phi) is 7.79. The summed E-state index contributed by atoms with van der Waals surface area (Å²) < 4.78 is 0. The SMILES string of the molecule is CCc1cc(N(C)C)nc(SCc2ccc(C(=O)NCCc3ccccn3)cc2)n1. The van der Waals surface area contributed by atoms with Crippen LogP contribution in [-0.2, 0) is 18.6 Å². The van der Waals surface area contributed by atoms with E-state index in [1.165, 1.54) is 0 Å². The number of amides is 1.